The van der Waals surface area contributed by atoms with Gasteiger partial charge in [0.15, 0.2) is 17.3 Å². The van der Waals surface area contributed by atoms with E-state index in [2.05, 4.69) is 10.1 Å². The molecule has 11 heteroatoms. The minimum absolute atomic E-state index is 0.0137. The van der Waals surface area contributed by atoms with E-state index in [1.165, 1.54) is 13.3 Å². The number of ether oxygens (including phenoxy) is 2. The molecule has 1 aliphatic heterocycles. The summed E-state index contributed by atoms with van der Waals surface area (Å²) < 4.78 is 42.4. The van der Waals surface area contributed by atoms with E-state index in [1.54, 1.807) is 9.47 Å². The summed E-state index contributed by atoms with van der Waals surface area (Å²) in [7, 11) is 1.35. The number of nitrogens with two attached hydrogens (primary N) is 1. The van der Waals surface area contributed by atoms with Gasteiger partial charge in [-0.1, -0.05) is 0 Å². The summed E-state index contributed by atoms with van der Waals surface area (Å²) >= 11 is 0. The smallest absolute Gasteiger partial charge is 0.492 e. The van der Waals surface area contributed by atoms with E-state index in [0.717, 1.165) is 25.7 Å². The Labute approximate surface area is 188 Å². The van der Waals surface area contributed by atoms with Gasteiger partial charge in [0.2, 0.25) is 5.43 Å². The van der Waals surface area contributed by atoms with Gasteiger partial charge in [-0.25, -0.2) is 13.6 Å². The van der Waals surface area contributed by atoms with Crippen molar-refractivity contribution in [1.29, 1.82) is 0 Å². The first-order chi connectivity index (χ1) is 15.8. The number of nitrogens with one attached hydrogen (secondary N) is 1. The van der Waals surface area contributed by atoms with Crippen molar-refractivity contribution < 1.29 is 28.2 Å². The monoisotopic (exact) mass is 464 g/mol. The summed E-state index contributed by atoms with van der Waals surface area (Å²) in [6.07, 6.45) is 2.22. The van der Waals surface area contributed by atoms with Crippen LogP contribution in [0, 0.1) is 11.7 Å². The molecule has 2 atom stereocenters. The zero-order valence-corrected chi connectivity index (χ0v) is 18.1. The largest absolute Gasteiger partial charge is 0.511 e. The third-order valence-corrected chi connectivity index (χ3v) is 6.61. The number of benzene rings is 1. The van der Waals surface area contributed by atoms with Gasteiger partial charge in [0.1, 0.15) is 11.9 Å². The lowest BCUT2D eigenvalue weighted by molar-refractivity contribution is 0.143. The van der Waals surface area contributed by atoms with Crippen LogP contribution in [-0.4, -0.2) is 54.8 Å². The standard InChI is InChI=1S/C22H26F2N4O5/c1-32-21-18-15(20(29)14(33-22(30)31)9-28(18)12-4-5-12)17(25)16(24)19(21)27-7-10(13(23)8-27)6-26-11-2-3-11/h9-13,26H,2-8,25H2,1H3,(H,30,31)/t10-,13+/m0/s1. The van der Waals surface area contributed by atoms with E-state index in [0.29, 0.717) is 12.6 Å². The molecule has 0 bridgehead atoms. The van der Waals surface area contributed by atoms with E-state index in [9.17, 15) is 14.0 Å². The molecular weight excluding hydrogens is 438 g/mol. The second kappa shape index (κ2) is 8.05. The molecule has 0 amide bonds. The highest BCUT2D eigenvalue weighted by molar-refractivity contribution is 6.01. The average Bonchev–Trinajstić information content (AvgIpc) is 3.69. The van der Waals surface area contributed by atoms with Crippen molar-refractivity contribution in [2.45, 2.75) is 43.9 Å². The maximum absolute atomic E-state index is 15.6. The second-order valence-electron chi connectivity index (χ2n) is 9.03. The van der Waals surface area contributed by atoms with E-state index < -0.39 is 35.0 Å². The lowest BCUT2D eigenvalue weighted by Gasteiger charge is -2.25. The van der Waals surface area contributed by atoms with Crippen LogP contribution in [0.15, 0.2) is 11.0 Å². The van der Waals surface area contributed by atoms with Crippen LogP contribution >= 0.6 is 0 Å². The second-order valence-corrected chi connectivity index (χ2v) is 9.03. The lowest BCUT2D eigenvalue weighted by Crippen LogP contribution is -2.30. The van der Waals surface area contributed by atoms with Crippen LogP contribution in [0.1, 0.15) is 31.7 Å². The number of anilines is 2. The Balaban J connectivity index is 1.64. The van der Waals surface area contributed by atoms with Gasteiger partial charge in [0.25, 0.3) is 0 Å². The molecule has 3 fully saturated rings. The third kappa shape index (κ3) is 3.84. The third-order valence-electron chi connectivity index (χ3n) is 6.61. The van der Waals surface area contributed by atoms with Crippen LogP contribution in [0.4, 0.5) is 25.0 Å². The molecule has 9 nitrogen and oxygen atoms in total. The highest BCUT2D eigenvalue weighted by Gasteiger charge is 2.39. The fraction of sp³-hybridized carbons (Fsp3) is 0.545. The molecule has 2 aromatic rings. The number of alkyl halides is 1. The van der Waals surface area contributed by atoms with Crippen LogP contribution in [0.5, 0.6) is 11.5 Å². The van der Waals surface area contributed by atoms with Crippen molar-refractivity contribution in [2.75, 3.05) is 37.4 Å². The number of fused-ring (bicyclic) bond motifs is 1. The van der Waals surface area contributed by atoms with Crippen molar-refractivity contribution >= 4 is 28.4 Å². The Hall–Kier alpha value is -3.08. The van der Waals surface area contributed by atoms with Gasteiger partial charge in [-0.3, -0.25) is 4.79 Å². The zero-order chi connectivity index (χ0) is 23.4. The van der Waals surface area contributed by atoms with E-state index in [4.69, 9.17) is 15.6 Å². The number of nitrogens with zero attached hydrogens (tertiary/aromatic N) is 2. The van der Waals surface area contributed by atoms with E-state index in [1.807, 2.05) is 0 Å². The van der Waals surface area contributed by atoms with Crippen LogP contribution in [0.3, 0.4) is 0 Å². The zero-order valence-electron chi connectivity index (χ0n) is 18.1. The molecule has 178 valence electrons. The Bertz CT molecular complexity index is 1180. The first-order valence-electron chi connectivity index (χ1n) is 11.1. The normalized spacial score (nSPS) is 22.7. The molecule has 2 aliphatic carbocycles. The van der Waals surface area contributed by atoms with Gasteiger partial charge >= 0.3 is 6.16 Å². The van der Waals surface area contributed by atoms with Crippen molar-refractivity contribution in [1.82, 2.24) is 9.88 Å². The minimum Gasteiger partial charge on any atom is -0.492 e. The summed E-state index contributed by atoms with van der Waals surface area (Å²) in [5.74, 6) is -1.59. The Morgan fingerprint density at radius 2 is 2.03 bits per heavy atom. The minimum atomic E-state index is -1.66. The maximum Gasteiger partial charge on any atom is 0.511 e. The number of hydrogen-bond acceptors (Lipinski definition) is 7. The SMILES string of the molecule is COc1c(N2C[C@H](CNC3CC3)[C@H](F)C2)c(F)c(N)c2c(=O)c(OC(=O)O)cn(C3CC3)c12. The summed E-state index contributed by atoms with van der Waals surface area (Å²) in [4.78, 5) is 25.7. The maximum atomic E-state index is 15.6. The van der Waals surface area contributed by atoms with Gasteiger partial charge in [-0.05, 0) is 25.7 Å². The molecule has 0 spiro atoms. The number of carbonyl (C=O) groups is 1. The highest BCUT2D eigenvalue weighted by Crippen LogP contribution is 2.47. The fourth-order valence-corrected chi connectivity index (χ4v) is 4.63. The molecule has 1 saturated heterocycles. The quantitative estimate of drug-likeness (QED) is 0.423. The van der Waals surface area contributed by atoms with Gasteiger partial charge in [-0.2, -0.15) is 0 Å². The summed E-state index contributed by atoms with van der Waals surface area (Å²) in [6, 6.07) is 0.392. The molecule has 0 unspecified atom stereocenters. The lowest BCUT2D eigenvalue weighted by atomic mass is 10.1. The summed E-state index contributed by atoms with van der Waals surface area (Å²) in [5.41, 5.74) is 5.08. The molecule has 2 saturated carbocycles. The predicted octanol–water partition coefficient (Wildman–Crippen LogP) is 2.65. The number of methoxy groups -OCH3 is 1. The van der Waals surface area contributed by atoms with E-state index >= 15 is 4.39 Å². The Morgan fingerprint density at radius 3 is 2.64 bits per heavy atom. The van der Waals surface area contributed by atoms with Crippen molar-refractivity contribution in [3.8, 4) is 11.5 Å². The number of rotatable bonds is 7. The highest BCUT2D eigenvalue weighted by atomic mass is 19.1. The number of aromatic nitrogens is 1. The van der Waals surface area contributed by atoms with Crippen molar-refractivity contribution in [3.05, 3.63) is 22.2 Å². The molecular formula is C22H26F2N4O5. The first-order valence-corrected chi connectivity index (χ1v) is 11.1. The number of carboxylic acid groups (broad SMARTS) is 1. The van der Waals surface area contributed by atoms with Crippen LogP contribution in [-0.2, 0) is 0 Å². The van der Waals surface area contributed by atoms with Crippen LogP contribution in [0.25, 0.3) is 10.9 Å². The molecule has 3 aliphatic rings. The number of halogens is 2. The molecule has 0 radical (unpaired) electrons. The van der Waals surface area contributed by atoms with Crippen LogP contribution in [0.2, 0.25) is 0 Å². The Morgan fingerprint density at radius 1 is 1.30 bits per heavy atom. The topological polar surface area (TPSA) is 119 Å². The summed E-state index contributed by atoms with van der Waals surface area (Å²) in [5, 5.41) is 12.1. The molecule has 4 N–H and O–H groups in total. The van der Waals surface area contributed by atoms with Gasteiger partial charge < -0.3 is 35.1 Å². The fourth-order valence-electron chi connectivity index (χ4n) is 4.63. The Kier molecular flexibility index (Phi) is 5.31. The number of nitrogen functional groups attached to an aromatic ring is 1. The molecule has 5 rings (SSSR count). The summed E-state index contributed by atoms with van der Waals surface area (Å²) in [6.45, 7) is 0.744. The van der Waals surface area contributed by atoms with Crippen molar-refractivity contribution in [3.63, 3.8) is 0 Å². The molecule has 1 aromatic heterocycles. The van der Waals surface area contributed by atoms with Gasteiger partial charge in [0.05, 0.1) is 29.9 Å². The molecule has 1 aromatic carbocycles. The van der Waals surface area contributed by atoms with E-state index in [-0.39, 0.29) is 47.4 Å². The predicted molar refractivity (Wildman–Crippen MR) is 118 cm³/mol. The number of hydrogen-bond donors (Lipinski definition) is 3. The van der Waals surface area contributed by atoms with Gasteiger partial charge in [-0.15, -0.1) is 0 Å². The van der Waals surface area contributed by atoms with Crippen LogP contribution < -0.4 is 30.9 Å². The van der Waals surface area contributed by atoms with Crippen molar-refractivity contribution in [2.24, 2.45) is 5.92 Å². The van der Waals surface area contributed by atoms with Gasteiger partial charge in [0, 0.05) is 37.6 Å². The molecule has 33 heavy (non-hydrogen) atoms. The first kappa shape index (κ1) is 21.7. The average molecular weight is 464 g/mol. The molecule has 2 heterocycles. The number of pyridine rings is 1.